The lowest BCUT2D eigenvalue weighted by atomic mass is 10.0. The lowest BCUT2D eigenvalue weighted by Gasteiger charge is -2.35. The van der Waals surface area contributed by atoms with Crippen LogP contribution in [0.1, 0.15) is 20.1 Å². The zero-order valence-electron chi connectivity index (χ0n) is 11.5. The van der Waals surface area contributed by atoms with Gasteiger partial charge in [-0.25, -0.2) is 4.98 Å². The highest BCUT2D eigenvalue weighted by atomic mass is 16.6. The summed E-state index contributed by atoms with van der Waals surface area (Å²) in [6.45, 7) is 2.42. The van der Waals surface area contributed by atoms with Crippen molar-refractivity contribution in [3.8, 4) is 0 Å². The number of hydrogen-bond donors (Lipinski definition) is 1. The van der Waals surface area contributed by atoms with Gasteiger partial charge in [0.25, 0.3) is 0 Å². The smallest absolute Gasteiger partial charge is 0.303 e. The second kappa shape index (κ2) is 6.35. The van der Waals surface area contributed by atoms with Crippen LogP contribution in [0.15, 0.2) is 23.9 Å². The maximum Gasteiger partial charge on any atom is 0.303 e. The van der Waals surface area contributed by atoms with E-state index >= 15 is 0 Å². The minimum absolute atomic E-state index is 0.0145. The molecule has 1 aromatic rings. The molecule has 3 atom stereocenters. The van der Waals surface area contributed by atoms with E-state index in [2.05, 4.69) is 10.1 Å². The molecule has 0 radical (unpaired) electrons. The monoisotopic (exact) mass is 297 g/mol. The molecule has 0 spiro atoms. The van der Waals surface area contributed by atoms with E-state index in [1.807, 2.05) is 0 Å². The molecule has 0 aromatic carbocycles. The molecule has 9 heteroatoms. The van der Waals surface area contributed by atoms with Crippen molar-refractivity contribution in [2.24, 2.45) is 5.16 Å². The Morgan fingerprint density at radius 1 is 1.43 bits per heavy atom. The Bertz CT molecular complexity index is 541. The number of imidazole rings is 1. The van der Waals surface area contributed by atoms with E-state index < -0.39 is 30.4 Å². The highest BCUT2D eigenvalue weighted by Gasteiger charge is 2.43. The number of nitrogens with zero attached hydrogens (tertiary/aromatic N) is 3. The van der Waals surface area contributed by atoms with Gasteiger partial charge in [0.15, 0.2) is 24.1 Å². The fourth-order valence-corrected chi connectivity index (χ4v) is 2.07. The molecule has 2 heterocycles. The average Bonchev–Trinajstić information content (AvgIpc) is 2.93. The largest absolute Gasteiger partial charge is 0.456 e. The quantitative estimate of drug-likeness (QED) is 0.478. The molecule has 1 N–H and O–H groups in total. The first-order valence-corrected chi connectivity index (χ1v) is 6.18. The Labute approximate surface area is 120 Å². The van der Waals surface area contributed by atoms with Crippen molar-refractivity contribution in [1.82, 2.24) is 9.55 Å². The van der Waals surface area contributed by atoms with Crippen LogP contribution in [0, 0.1) is 0 Å². The molecule has 0 bridgehead atoms. The number of carbonyl (C=O) groups is 2. The summed E-state index contributed by atoms with van der Waals surface area (Å²) in [5.74, 6) is -1.15. The van der Waals surface area contributed by atoms with E-state index in [1.165, 1.54) is 30.9 Å². The van der Waals surface area contributed by atoms with Gasteiger partial charge in [-0.1, -0.05) is 5.16 Å². The van der Waals surface area contributed by atoms with Gasteiger partial charge in [0.2, 0.25) is 0 Å². The predicted octanol–water partition coefficient (Wildman–Crippen LogP) is 0.105. The van der Waals surface area contributed by atoms with Crippen LogP contribution in [0.5, 0.6) is 0 Å². The Kier molecular flexibility index (Phi) is 4.53. The highest BCUT2D eigenvalue weighted by Crippen LogP contribution is 2.25. The fourth-order valence-electron chi connectivity index (χ4n) is 2.07. The first-order valence-electron chi connectivity index (χ1n) is 6.18. The maximum absolute atomic E-state index is 11.2. The van der Waals surface area contributed by atoms with Gasteiger partial charge in [0.05, 0.1) is 12.9 Å². The molecule has 0 amide bonds. The van der Waals surface area contributed by atoms with Crippen LogP contribution in [0.25, 0.3) is 0 Å². The molecule has 2 rings (SSSR count). The lowest BCUT2D eigenvalue weighted by Crippen LogP contribution is -2.51. The van der Waals surface area contributed by atoms with Crippen LogP contribution in [0.2, 0.25) is 0 Å². The van der Waals surface area contributed by atoms with Crippen molar-refractivity contribution in [1.29, 1.82) is 0 Å². The normalized spacial score (nSPS) is 27.3. The molecule has 9 nitrogen and oxygen atoms in total. The molecule has 1 saturated heterocycles. The molecular weight excluding hydrogens is 282 g/mol. The number of carbonyl (C=O) groups excluding carboxylic acids is 2. The van der Waals surface area contributed by atoms with E-state index in [4.69, 9.17) is 14.2 Å². The summed E-state index contributed by atoms with van der Waals surface area (Å²) in [5.41, 5.74) is 0.0145. The molecule has 21 heavy (non-hydrogen) atoms. The van der Waals surface area contributed by atoms with Gasteiger partial charge in [-0.15, -0.1) is 0 Å². The van der Waals surface area contributed by atoms with Gasteiger partial charge in [-0.2, -0.15) is 0 Å². The SMILES string of the molecule is CC(=O)O[C@@H]1/C(=N/O)[C@H](n2ccnc2)OC[C@H]1OC(C)=O. The molecule has 0 unspecified atom stereocenters. The summed E-state index contributed by atoms with van der Waals surface area (Å²) < 4.78 is 17.2. The Hall–Kier alpha value is -2.42. The standard InChI is InChI=1S/C12H15N3O6/c1-7(16)20-9-5-19-12(15-4-3-13-6-15)10(14-18)11(9)21-8(2)17/h3-4,6,9,11-12,18H,5H2,1-2H3/b14-10-/t9-,11+,12-/m1/s1. The van der Waals surface area contributed by atoms with E-state index in [9.17, 15) is 14.8 Å². The summed E-state index contributed by atoms with van der Waals surface area (Å²) in [4.78, 5) is 26.2. The van der Waals surface area contributed by atoms with Crippen molar-refractivity contribution in [2.45, 2.75) is 32.3 Å². The van der Waals surface area contributed by atoms with Crippen molar-refractivity contribution in [3.05, 3.63) is 18.7 Å². The Morgan fingerprint density at radius 3 is 2.67 bits per heavy atom. The third kappa shape index (κ3) is 3.37. The van der Waals surface area contributed by atoms with Gasteiger partial charge in [-0.05, 0) is 0 Å². The average molecular weight is 297 g/mol. The minimum Gasteiger partial charge on any atom is -0.456 e. The van der Waals surface area contributed by atoms with Crippen LogP contribution in [0.4, 0.5) is 0 Å². The van der Waals surface area contributed by atoms with Crippen LogP contribution in [-0.4, -0.2) is 51.2 Å². The fraction of sp³-hybridized carbons (Fsp3) is 0.500. The second-order valence-electron chi connectivity index (χ2n) is 4.40. The van der Waals surface area contributed by atoms with Crippen molar-refractivity contribution >= 4 is 17.7 Å². The van der Waals surface area contributed by atoms with Crippen molar-refractivity contribution in [2.75, 3.05) is 6.61 Å². The number of ether oxygens (including phenoxy) is 3. The maximum atomic E-state index is 11.2. The molecule has 1 aliphatic heterocycles. The number of oxime groups is 1. The molecule has 1 aliphatic rings. The highest BCUT2D eigenvalue weighted by molar-refractivity contribution is 5.93. The van der Waals surface area contributed by atoms with Crippen LogP contribution in [-0.2, 0) is 23.8 Å². The predicted molar refractivity (Wildman–Crippen MR) is 67.5 cm³/mol. The first kappa shape index (κ1) is 15.0. The molecule has 0 aliphatic carbocycles. The topological polar surface area (TPSA) is 112 Å². The van der Waals surface area contributed by atoms with Crippen LogP contribution < -0.4 is 0 Å². The van der Waals surface area contributed by atoms with Gasteiger partial charge in [-0.3, -0.25) is 9.59 Å². The molecule has 1 fully saturated rings. The summed E-state index contributed by atoms with van der Waals surface area (Å²) in [6, 6.07) is 0. The van der Waals surface area contributed by atoms with Gasteiger partial charge >= 0.3 is 11.9 Å². The van der Waals surface area contributed by atoms with Gasteiger partial charge in [0.1, 0.15) is 0 Å². The van der Waals surface area contributed by atoms with E-state index in [-0.39, 0.29) is 12.3 Å². The summed E-state index contributed by atoms with van der Waals surface area (Å²) >= 11 is 0. The molecule has 1 aromatic heterocycles. The summed E-state index contributed by atoms with van der Waals surface area (Å²) in [6.07, 6.45) is 1.89. The zero-order valence-corrected chi connectivity index (χ0v) is 11.5. The Balaban J connectivity index is 2.28. The number of hydrogen-bond acceptors (Lipinski definition) is 8. The van der Waals surface area contributed by atoms with Crippen LogP contribution in [0.3, 0.4) is 0 Å². The third-order valence-electron chi connectivity index (χ3n) is 2.82. The van der Waals surface area contributed by atoms with E-state index in [0.717, 1.165) is 0 Å². The molecule has 114 valence electrons. The zero-order chi connectivity index (χ0) is 15.4. The van der Waals surface area contributed by atoms with Gasteiger partial charge in [0, 0.05) is 26.2 Å². The van der Waals surface area contributed by atoms with Crippen molar-refractivity contribution < 1.29 is 29.0 Å². The van der Waals surface area contributed by atoms with Crippen molar-refractivity contribution in [3.63, 3.8) is 0 Å². The van der Waals surface area contributed by atoms with Crippen LogP contribution >= 0.6 is 0 Å². The first-order chi connectivity index (χ1) is 10.0. The minimum atomic E-state index is -1.03. The number of esters is 2. The second-order valence-corrected chi connectivity index (χ2v) is 4.40. The summed E-state index contributed by atoms with van der Waals surface area (Å²) in [5, 5.41) is 12.4. The third-order valence-corrected chi connectivity index (χ3v) is 2.82. The summed E-state index contributed by atoms with van der Waals surface area (Å²) in [7, 11) is 0. The molecular formula is C12H15N3O6. The number of rotatable bonds is 3. The van der Waals surface area contributed by atoms with Gasteiger partial charge < -0.3 is 24.0 Å². The van der Waals surface area contributed by atoms with E-state index in [0.29, 0.717) is 0 Å². The molecule has 0 saturated carbocycles. The Morgan fingerprint density at radius 2 is 2.14 bits per heavy atom. The number of aromatic nitrogens is 2. The van der Waals surface area contributed by atoms with E-state index in [1.54, 1.807) is 6.20 Å². The lowest BCUT2D eigenvalue weighted by molar-refractivity contribution is -0.172.